The summed E-state index contributed by atoms with van der Waals surface area (Å²) in [5.41, 5.74) is 1.36. The Labute approximate surface area is 118 Å². The summed E-state index contributed by atoms with van der Waals surface area (Å²) in [5.74, 6) is 1.06. The molecule has 1 saturated heterocycles. The van der Waals surface area contributed by atoms with Crippen LogP contribution in [0.3, 0.4) is 0 Å². The molecule has 3 heterocycles. The van der Waals surface area contributed by atoms with Crippen LogP contribution in [0.25, 0.3) is 0 Å². The lowest BCUT2D eigenvalue weighted by Gasteiger charge is -2.28. The number of nitrogens with zero attached hydrogens (tertiary/aromatic N) is 1. The molecule has 1 aliphatic heterocycles. The number of hydrogen-bond acceptors (Lipinski definition) is 4. The average molecular weight is 276 g/mol. The lowest BCUT2D eigenvalue weighted by atomic mass is 10.1. The molecule has 0 aromatic carbocycles. The maximum absolute atomic E-state index is 5.71. The SMILES string of the molecule is Cc1ccsc1C(c1ccco1)N1CCCNCC1. The molecule has 0 aliphatic carbocycles. The van der Waals surface area contributed by atoms with Gasteiger partial charge in [0.2, 0.25) is 0 Å². The van der Waals surface area contributed by atoms with E-state index in [-0.39, 0.29) is 6.04 Å². The standard InChI is InChI=1S/C15H20N2OS/c1-12-5-11-19-15(12)14(13-4-2-10-18-13)17-8-3-6-16-7-9-17/h2,4-5,10-11,14,16H,3,6-9H2,1H3. The van der Waals surface area contributed by atoms with Crippen molar-refractivity contribution in [3.8, 4) is 0 Å². The van der Waals surface area contributed by atoms with Crippen LogP contribution in [0.2, 0.25) is 0 Å². The molecular weight excluding hydrogens is 256 g/mol. The summed E-state index contributed by atoms with van der Waals surface area (Å²) in [4.78, 5) is 3.95. The summed E-state index contributed by atoms with van der Waals surface area (Å²) in [6.07, 6.45) is 2.98. The van der Waals surface area contributed by atoms with E-state index in [2.05, 4.69) is 34.7 Å². The number of aryl methyl sites for hydroxylation is 1. The highest BCUT2D eigenvalue weighted by Gasteiger charge is 2.27. The highest BCUT2D eigenvalue weighted by molar-refractivity contribution is 7.10. The summed E-state index contributed by atoms with van der Waals surface area (Å²) in [5, 5.41) is 5.65. The van der Waals surface area contributed by atoms with E-state index in [1.807, 2.05) is 17.4 Å². The molecule has 3 rings (SSSR count). The maximum atomic E-state index is 5.71. The van der Waals surface area contributed by atoms with Crippen molar-refractivity contribution in [1.82, 2.24) is 10.2 Å². The Morgan fingerprint density at radius 1 is 1.32 bits per heavy atom. The predicted octanol–water partition coefficient (Wildman–Crippen LogP) is 3.03. The highest BCUT2D eigenvalue weighted by atomic mass is 32.1. The molecule has 1 unspecified atom stereocenters. The molecule has 102 valence electrons. The largest absolute Gasteiger partial charge is 0.467 e. The van der Waals surface area contributed by atoms with Crippen molar-refractivity contribution in [2.24, 2.45) is 0 Å². The predicted molar refractivity (Wildman–Crippen MR) is 78.7 cm³/mol. The molecule has 1 aliphatic rings. The van der Waals surface area contributed by atoms with E-state index in [1.165, 1.54) is 16.9 Å². The Balaban J connectivity index is 1.94. The Morgan fingerprint density at radius 3 is 3.00 bits per heavy atom. The molecule has 3 nitrogen and oxygen atoms in total. The van der Waals surface area contributed by atoms with Crippen LogP contribution in [0.5, 0.6) is 0 Å². The van der Waals surface area contributed by atoms with Gasteiger partial charge in [0.1, 0.15) is 11.8 Å². The third kappa shape index (κ3) is 2.76. The smallest absolute Gasteiger partial charge is 0.126 e. The Kier molecular flexibility index (Phi) is 4.01. The zero-order chi connectivity index (χ0) is 13.1. The molecule has 0 saturated carbocycles. The second-order valence-electron chi connectivity index (χ2n) is 5.03. The van der Waals surface area contributed by atoms with E-state index in [9.17, 15) is 0 Å². The van der Waals surface area contributed by atoms with E-state index in [4.69, 9.17) is 4.42 Å². The first-order valence-corrected chi connectivity index (χ1v) is 7.76. The van der Waals surface area contributed by atoms with Gasteiger partial charge in [-0.2, -0.15) is 0 Å². The molecule has 1 fully saturated rings. The molecule has 0 spiro atoms. The molecule has 0 bridgehead atoms. The van der Waals surface area contributed by atoms with Gasteiger partial charge in [-0.3, -0.25) is 4.90 Å². The normalized spacial score (nSPS) is 19.2. The van der Waals surface area contributed by atoms with Crippen LogP contribution in [0.15, 0.2) is 34.3 Å². The average Bonchev–Trinajstić information content (AvgIpc) is 2.99. The van der Waals surface area contributed by atoms with Crippen molar-refractivity contribution in [3.05, 3.63) is 46.0 Å². The quantitative estimate of drug-likeness (QED) is 0.934. The minimum atomic E-state index is 0.273. The van der Waals surface area contributed by atoms with Gasteiger partial charge in [-0.05, 0) is 49.0 Å². The summed E-state index contributed by atoms with van der Waals surface area (Å²) >= 11 is 1.83. The second-order valence-corrected chi connectivity index (χ2v) is 5.97. The summed E-state index contributed by atoms with van der Waals surface area (Å²) in [7, 11) is 0. The molecule has 19 heavy (non-hydrogen) atoms. The van der Waals surface area contributed by atoms with Gasteiger partial charge >= 0.3 is 0 Å². The third-order valence-corrected chi connectivity index (χ3v) is 4.77. The molecule has 2 aromatic rings. The van der Waals surface area contributed by atoms with Crippen molar-refractivity contribution >= 4 is 11.3 Å². The fraction of sp³-hybridized carbons (Fsp3) is 0.467. The summed E-state index contributed by atoms with van der Waals surface area (Å²) < 4.78 is 5.71. The molecule has 4 heteroatoms. The Bertz CT molecular complexity index is 498. The van der Waals surface area contributed by atoms with Crippen molar-refractivity contribution in [2.45, 2.75) is 19.4 Å². The first kappa shape index (κ1) is 12.9. The zero-order valence-electron chi connectivity index (χ0n) is 11.3. The van der Waals surface area contributed by atoms with Crippen LogP contribution in [-0.2, 0) is 0 Å². The van der Waals surface area contributed by atoms with Crippen molar-refractivity contribution in [1.29, 1.82) is 0 Å². The minimum Gasteiger partial charge on any atom is -0.467 e. The number of rotatable bonds is 3. The van der Waals surface area contributed by atoms with Gasteiger partial charge in [0, 0.05) is 24.5 Å². The molecule has 1 atom stereocenters. The van der Waals surface area contributed by atoms with Crippen LogP contribution in [0.4, 0.5) is 0 Å². The fourth-order valence-corrected chi connectivity index (χ4v) is 3.78. The van der Waals surface area contributed by atoms with E-state index < -0.39 is 0 Å². The summed E-state index contributed by atoms with van der Waals surface area (Å²) in [6, 6.07) is 6.56. The Hall–Kier alpha value is -1.10. The first-order chi connectivity index (χ1) is 9.36. The number of hydrogen-bond donors (Lipinski definition) is 1. The number of thiophene rings is 1. The molecular formula is C15H20N2OS. The van der Waals surface area contributed by atoms with E-state index in [0.29, 0.717) is 0 Å². The second kappa shape index (κ2) is 5.90. The lowest BCUT2D eigenvalue weighted by Crippen LogP contribution is -2.32. The van der Waals surface area contributed by atoms with Gasteiger partial charge in [0.25, 0.3) is 0 Å². The van der Waals surface area contributed by atoms with Gasteiger partial charge < -0.3 is 9.73 Å². The highest BCUT2D eigenvalue weighted by Crippen LogP contribution is 2.34. The molecule has 1 N–H and O–H groups in total. The van der Waals surface area contributed by atoms with Gasteiger partial charge in [-0.1, -0.05) is 0 Å². The van der Waals surface area contributed by atoms with Crippen LogP contribution in [0, 0.1) is 6.92 Å². The van der Waals surface area contributed by atoms with E-state index in [1.54, 1.807) is 6.26 Å². The van der Waals surface area contributed by atoms with Gasteiger partial charge in [-0.25, -0.2) is 0 Å². The molecule has 0 amide bonds. The minimum absolute atomic E-state index is 0.273. The number of furan rings is 1. The lowest BCUT2D eigenvalue weighted by molar-refractivity contribution is 0.218. The monoisotopic (exact) mass is 276 g/mol. The van der Waals surface area contributed by atoms with Crippen molar-refractivity contribution in [2.75, 3.05) is 26.2 Å². The van der Waals surface area contributed by atoms with Gasteiger partial charge in [0.15, 0.2) is 0 Å². The van der Waals surface area contributed by atoms with Gasteiger partial charge in [-0.15, -0.1) is 11.3 Å². The van der Waals surface area contributed by atoms with E-state index >= 15 is 0 Å². The van der Waals surface area contributed by atoms with Crippen LogP contribution >= 0.6 is 11.3 Å². The van der Waals surface area contributed by atoms with Crippen molar-refractivity contribution in [3.63, 3.8) is 0 Å². The van der Waals surface area contributed by atoms with Gasteiger partial charge in [0.05, 0.1) is 6.26 Å². The number of nitrogens with one attached hydrogen (secondary N) is 1. The van der Waals surface area contributed by atoms with Crippen LogP contribution < -0.4 is 5.32 Å². The molecule has 2 aromatic heterocycles. The van der Waals surface area contributed by atoms with Crippen LogP contribution in [-0.4, -0.2) is 31.1 Å². The summed E-state index contributed by atoms with van der Waals surface area (Å²) in [6.45, 7) is 6.56. The molecule has 0 radical (unpaired) electrons. The van der Waals surface area contributed by atoms with Crippen molar-refractivity contribution < 1.29 is 4.42 Å². The third-order valence-electron chi connectivity index (χ3n) is 3.70. The van der Waals surface area contributed by atoms with Crippen LogP contribution in [0.1, 0.15) is 28.7 Å². The first-order valence-electron chi connectivity index (χ1n) is 6.88. The topological polar surface area (TPSA) is 28.4 Å². The van der Waals surface area contributed by atoms with E-state index in [0.717, 1.165) is 31.9 Å². The maximum Gasteiger partial charge on any atom is 0.126 e. The fourth-order valence-electron chi connectivity index (χ4n) is 2.71. The zero-order valence-corrected chi connectivity index (χ0v) is 12.1. The Morgan fingerprint density at radius 2 is 2.26 bits per heavy atom.